The van der Waals surface area contributed by atoms with Gasteiger partial charge in [0.2, 0.25) is 5.91 Å². The number of nitro groups is 1. The van der Waals surface area contributed by atoms with Crippen LogP contribution in [0.25, 0.3) is 10.1 Å². The van der Waals surface area contributed by atoms with Gasteiger partial charge in [-0.05, 0) is 18.9 Å². The van der Waals surface area contributed by atoms with Gasteiger partial charge in [-0.15, -0.1) is 11.3 Å². The number of thiophene rings is 1. The number of aliphatic carboxylic acids is 1. The maximum atomic E-state index is 13.1. The number of amides is 2. The maximum absolute atomic E-state index is 13.1. The third-order valence-corrected chi connectivity index (χ3v) is 7.94. The van der Waals surface area contributed by atoms with Crippen LogP contribution in [-0.2, 0) is 9.59 Å². The average molecular weight is 480 g/mol. The van der Waals surface area contributed by atoms with E-state index in [-0.39, 0.29) is 22.5 Å². The second-order valence-corrected chi connectivity index (χ2v) is 9.57. The summed E-state index contributed by atoms with van der Waals surface area (Å²) in [4.78, 5) is 51.7. The lowest BCUT2D eigenvalue weighted by molar-refractivity contribution is -0.384. The minimum absolute atomic E-state index is 0.0658. The van der Waals surface area contributed by atoms with Gasteiger partial charge in [-0.25, -0.2) is 0 Å². The molecule has 4 rings (SSSR count). The lowest BCUT2D eigenvalue weighted by atomic mass is 9.78. The van der Waals surface area contributed by atoms with Crippen LogP contribution in [0.2, 0.25) is 5.02 Å². The lowest BCUT2D eigenvalue weighted by Crippen LogP contribution is -2.53. The summed E-state index contributed by atoms with van der Waals surface area (Å²) in [6, 6.07) is 4.31. The quantitative estimate of drug-likeness (QED) is 0.527. The second kappa shape index (κ2) is 9.03. The summed E-state index contributed by atoms with van der Waals surface area (Å²) < 4.78 is 0.568. The Morgan fingerprint density at radius 2 is 1.69 bits per heavy atom. The van der Waals surface area contributed by atoms with Crippen LogP contribution in [0, 0.1) is 22.0 Å². The van der Waals surface area contributed by atoms with Gasteiger partial charge in [0.15, 0.2) is 0 Å². The first-order valence-corrected chi connectivity index (χ1v) is 11.6. The molecule has 1 saturated carbocycles. The van der Waals surface area contributed by atoms with E-state index in [0.29, 0.717) is 54.0 Å². The molecule has 2 atom stereocenters. The van der Waals surface area contributed by atoms with Gasteiger partial charge in [0.25, 0.3) is 11.6 Å². The normalized spacial score (nSPS) is 21.5. The number of nitrogens with zero attached hydrogens (tertiary/aromatic N) is 3. The number of hydrogen-bond acceptors (Lipinski definition) is 6. The zero-order valence-corrected chi connectivity index (χ0v) is 18.7. The molecule has 170 valence electrons. The number of nitro benzene ring substituents is 1. The van der Waals surface area contributed by atoms with E-state index in [1.165, 1.54) is 12.1 Å². The molecule has 2 heterocycles. The van der Waals surface area contributed by atoms with Crippen LogP contribution in [0.1, 0.15) is 35.4 Å². The number of rotatable bonds is 4. The summed E-state index contributed by atoms with van der Waals surface area (Å²) in [5.41, 5.74) is -0.0658. The number of halogens is 1. The third kappa shape index (κ3) is 4.16. The molecule has 0 bridgehead atoms. The number of non-ortho nitro benzene ring substituents is 1. The van der Waals surface area contributed by atoms with Gasteiger partial charge in [0.1, 0.15) is 4.88 Å². The number of benzene rings is 1. The van der Waals surface area contributed by atoms with Gasteiger partial charge < -0.3 is 14.9 Å². The maximum Gasteiger partial charge on any atom is 0.307 e. The molecule has 1 aliphatic heterocycles. The largest absolute Gasteiger partial charge is 0.481 e. The Morgan fingerprint density at radius 3 is 2.31 bits per heavy atom. The Hall–Kier alpha value is -2.72. The van der Waals surface area contributed by atoms with E-state index >= 15 is 0 Å². The molecular formula is C21H22ClN3O6S. The highest BCUT2D eigenvalue weighted by Crippen LogP contribution is 2.38. The van der Waals surface area contributed by atoms with Crippen LogP contribution in [0.3, 0.4) is 0 Å². The molecule has 1 N–H and O–H groups in total. The van der Waals surface area contributed by atoms with Crippen molar-refractivity contribution in [3.05, 3.63) is 38.2 Å². The van der Waals surface area contributed by atoms with E-state index in [1.54, 1.807) is 15.9 Å². The van der Waals surface area contributed by atoms with E-state index < -0.39 is 22.7 Å². The van der Waals surface area contributed by atoms with Crippen molar-refractivity contribution in [2.75, 3.05) is 26.2 Å². The summed E-state index contributed by atoms with van der Waals surface area (Å²) in [6.45, 7) is 1.31. The van der Waals surface area contributed by atoms with Crippen molar-refractivity contribution in [1.82, 2.24) is 9.80 Å². The number of fused-ring (bicyclic) bond motifs is 1. The fourth-order valence-electron chi connectivity index (χ4n) is 4.54. The van der Waals surface area contributed by atoms with E-state index in [9.17, 15) is 29.6 Å². The summed E-state index contributed by atoms with van der Waals surface area (Å²) in [5.74, 6) is -2.48. The first-order chi connectivity index (χ1) is 15.3. The predicted octanol–water partition coefficient (Wildman–Crippen LogP) is 3.64. The first-order valence-electron chi connectivity index (χ1n) is 10.4. The minimum atomic E-state index is -0.920. The Morgan fingerprint density at radius 1 is 1.06 bits per heavy atom. The van der Waals surface area contributed by atoms with Gasteiger partial charge in [0.05, 0.1) is 21.8 Å². The van der Waals surface area contributed by atoms with Crippen molar-refractivity contribution in [3.63, 3.8) is 0 Å². The van der Waals surface area contributed by atoms with Gasteiger partial charge in [-0.1, -0.05) is 24.4 Å². The van der Waals surface area contributed by atoms with Crippen molar-refractivity contribution in [2.45, 2.75) is 25.7 Å². The highest BCUT2D eigenvalue weighted by Gasteiger charge is 2.39. The van der Waals surface area contributed by atoms with Crippen LogP contribution in [0.15, 0.2) is 18.2 Å². The van der Waals surface area contributed by atoms with Crippen molar-refractivity contribution >= 4 is 56.5 Å². The molecule has 1 aromatic carbocycles. The molecule has 2 fully saturated rings. The number of carboxylic acid groups (broad SMARTS) is 1. The zero-order chi connectivity index (χ0) is 23.0. The summed E-state index contributed by atoms with van der Waals surface area (Å²) in [5, 5.41) is 21.3. The molecule has 1 saturated heterocycles. The highest BCUT2D eigenvalue weighted by atomic mass is 35.5. The number of carboxylic acids is 1. The lowest BCUT2D eigenvalue weighted by Gasteiger charge is -2.38. The van der Waals surface area contributed by atoms with Gasteiger partial charge >= 0.3 is 5.97 Å². The molecule has 2 aliphatic rings. The molecule has 2 amide bonds. The van der Waals surface area contributed by atoms with Crippen molar-refractivity contribution in [1.29, 1.82) is 0 Å². The molecule has 11 heteroatoms. The molecule has 32 heavy (non-hydrogen) atoms. The van der Waals surface area contributed by atoms with Crippen molar-refractivity contribution in [3.8, 4) is 0 Å². The molecule has 1 aromatic heterocycles. The van der Waals surface area contributed by atoms with Crippen LogP contribution in [-0.4, -0.2) is 63.8 Å². The Balaban J connectivity index is 1.44. The molecule has 0 unspecified atom stereocenters. The monoisotopic (exact) mass is 479 g/mol. The SMILES string of the molecule is O=C(O)[C@@H]1CCCC[C@@H]1C(=O)N1CCN(C(=O)c2sc3cc([N+](=O)[O-])ccc3c2Cl)CC1. The van der Waals surface area contributed by atoms with Crippen LogP contribution >= 0.6 is 22.9 Å². The fourth-order valence-corrected chi connectivity index (χ4v) is 6.05. The molecule has 0 radical (unpaired) electrons. The summed E-state index contributed by atoms with van der Waals surface area (Å²) >= 11 is 7.52. The smallest absolute Gasteiger partial charge is 0.307 e. The topological polar surface area (TPSA) is 121 Å². The second-order valence-electron chi connectivity index (χ2n) is 8.14. The Bertz CT molecular complexity index is 1090. The van der Waals surface area contributed by atoms with Crippen LogP contribution < -0.4 is 0 Å². The van der Waals surface area contributed by atoms with E-state index in [1.807, 2.05) is 0 Å². The summed E-state index contributed by atoms with van der Waals surface area (Å²) in [7, 11) is 0. The van der Waals surface area contributed by atoms with Gasteiger partial charge in [-0.2, -0.15) is 0 Å². The Labute approximate surface area is 192 Å². The fraction of sp³-hybridized carbons (Fsp3) is 0.476. The van der Waals surface area contributed by atoms with E-state index in [0.717, 1.165) is 24.2 Å². The van der Waals surface area contributed by atoms with Crippen molar-refractivity contribution in [2.24, 2.45) is 11.8 Å². The molecule has 0 spiro atoms. The highest BCUT2D eigenvalue weighted by molar-refractivity contribution is 7.21. The minimum Gasteiger partial charge on any atom is -0.481 e. The van der Waals surface area contributed by atoms with Crippen LogP contribution in [0.5, 0.6) is 0 Å². The molecule has 9 nitrogen and oxygen atoms in total. The molecule has 2 aromatic rings. The first kappa shape index (κ1) is 22.5. The molecule has 1 aliphatic carbocycles. The van der Waals surface area contributed by atoms with Gasteiger partial charge in [0, 0.05) is 48.4 Å². The van der Waals surface area contributed by atoms with Crippen molar-refractivity contribution < 1.29 is 24.4 Å². The van der Waals surface area contributed by atoms with Crippen LogP contribution in [0.4, 0.5) is 5.69 Å². The molecular weight excluding hydrogens is 458 g/mol. The van der Waals surface area contributed by atoms with E-state index in [2.05, 4.69) is 0 Å². The number of hydrogen-bond donors (Lipinski definition) is 1. The summed E-state index contributed by atoms with van der Waals surface area (Å²) in [6.07, 6.45) is 2.77. The Kier molecular flexibility index (Phi) is 6.34. The number of carbonyl (C=O) groups is 3. The van der Waals surface area contributed by atoms with Gasteiger partial charge in [-0.3, -0.25) is 24.5 Å². The van der Waals surface area contributed by atoms with E-state index in [4.69, 9.17) is 11.6 Å². The standard InChI is InChI=1S/C21H22ClN3O6S/c22-17-15-6-5-12(25(30)31)11-16(15)32-18(17)20(27)24-9-7-23(8-10-24)19(26)13-3-1-2-4-14(13)21(28)29/h5-6,11,13-14H,1-4,7-10H2,(H,28,29)/t13-,14+/m0/s1. The zero-order valence-electron chi connectivity index (χ0n) is 17.2. The predicted molar refractivity (Wildman–Crippen MR) is 119 cm³/mol. The number of piperazine rings is 1. The third-order valence-electron chi connectivity index (χ3n) is 6.30. The average Bonchev–Trinajstić information content (AvgIpc) is 3.14. The number of carbonyl (C=O) groups excluding carboxylic acids is 2.